The van der Waals surface area contributed by atoms with Crippen molar-refractivity contribution in [2.24, 2.45) is 5.92 Å². The van der Waals surface area contributed by atoms with Crippen LogP contribution in [0, 0.1) is 5.92 Å². The summed E-state index contributed by atoms with van der Waals surface area (Å²) in [7, 11) is 0. The summed E-state index contributed by atoms with van der Waals surface area (Å²) < 4.78 is 0. The van der Waals surface area contributed by atoms with E-state index in [9.17, 15) is 0 Å². The lowest BCUT2D eigenvalue weighted by atomic mass is 10.0. The maximum atomic E-state index is 9.17. The standard InChI is InChI=1S/C6H12OS/c1-2-5-3-8-4-6(5)7/h5-7H,2-4H2,1H3. The van der Waals surface area contributed by atoms with Crippen molar-refractivity contribution in [2.45, 2.75) is 19.4 Å². The summed E-state index contributed by atoms with van der Waals surface area (Å²) in [6.07, 6.45) is 1.12. The highest BCUT2D eigenvalue weighted by atomic mass is 32.2. The van der Waals surface area contributed by atoms with Gasteiger partial charge in [0.05, 0.1) is 6.10 Å². The third-order valence-corrected chi connectivity index (χ3v) is 2.93. The molecule has 0 aromatic rings. The normalized spacial score (nSPS) is 38.2. The summed E-state index contributed by atoms with van der Waals surface area (Å²) in [4.78, 5) is 0. The molecule has 0 aromatic heterocycles. The van der Waals surface area contributed by atoms with Gasteiger partial charge in [-0.3, -0.25) is 0 Å². The van der Waals surface area contributed by atoms with Crippen LogP contribution in [0.3, 0.4) is 0 Å². The SMILES string of the molecule is CCC1CSCC1O. The predicted octanol–water partition coefficient (Wildman–Crippen LogP) is 1.12. The number of hydrogen-bond donors (Lipinski definition) is 1. The molecule has 0 saturated carbocycles. The molecule has 2 heteroatoms. The van der Waals surface area contributed by atoms with Crippen LogP contribution < -0.4 is 0 Å². The Kier molecular flexibility index (Phi) is 2.20. The molecule has 2 atom stereocenters. The highest BCUT2D eigenvalue weighted by molar-refractivity contribution is 7.99. The van der Waals surface area contributed by atoms with Crippen LogP contribution in [0.1, 0.15) is 13.3 Å². The molecule has 1 nitrogen and oxygen atoms in total. The first-order chi connectivity index (χ1) is 3.84. The summed E-state index contributed by atoms with van der Waals surface area (Å²) in [5, 5.41) is 9.17. The van der Waals surface area contributed by atoms with Crippen LogP contribution >= 0.6 is 11.8 Å². The van der Waals surface area contributed by atoms with Gasteiger partial charge in [0.25, 0.3) is 0 Å². The predicted molar refractivity (Wildman–Crippen MR) is 37.1 cm³/mol. The van der Waals surface area contributed by atoms with Crippen LogP contribution in [0.15, 0.2) is 0 Å². The maximum Gasteiger partial charge on any atom is 0.0666 e. The van der Waals surface area contributed by atoms with Crippen molar-refractivity contribution in [3.63, 3.8) is 0 Å². The Hall–Kier alpha value is 0.310. The molecule has 0 aromatic carbocycles. The fourth-order valence-corrected chi connectivity index (χ4v) is 2.39. The molecule has 2 unspecified atom stereocenters. The van der Waals surface area contributed by atoms with E-state index in [1.165, 1.54) is 0 Å². The summed E-state index contributed by atoms with van der Waals surface area (Å²) in [5.74, 6) is 2.70. The smallest absolute Gasteiger partial charge is 0.0666 e. The van der Waals surface area contributed by atoms with Gasteiger partial charge in [-0.15, -0.1) is 0 Å². The van der Waals surface area contributed by atoms with Crippen molar-refractivity contribution in [3.05, 3.63) is 0 Å². The van der Waals surface area contributed by atoms with E-state index >= 15 is 0 Å². The first-order valence-corrected chi connectivity index (χ1v) is 4.26. The molecule has 1 rings (SSSR count). The van der Waals surface area contributed by atoms with E-state index in [0.717, 1.165) is 17.9 Å². The van der Waals surface area contributed by atoms with Gasteiger partial charge in [-0.05, 0) is 11.7 Å². The van der Waals surface area contributed by atoms with E-state index in [0.29, 0.717) is 5.92 Å². The molecule has 0 spiro atoms. The third kappa shape index (κ3) is 1.17. The Bertz CT molecular complexity index is 74.9. The van der Waals surface area contributed by atoms with Gasteiger partial charge in [-0.2, -0.15) is 11.8 Å². The lowest BCUT2D eigenvalue weighted by Gasteiger charge is -2.08. The molecule has 8 heavy (non-hydrogen) atoms. The highest BCUT2D eigenvalue weighted by Gasteiger charge is 2.23. The second kappa shape index (κ2) is 2.74. The summed E-state index contributed by atoms with van der Waals surface area (Å²) in [6, 6.07) is 0. The van der Waals surface area contributed by atoms with E-state index in [2.05, 4.69) is 6.92 Å². The molecule has 1 aliphatic heterocycles. The summed E-state index contributed by atoms with van der Waals surface area (Å²) in [6.45, 7) is 2.14. The highest BCUT2D eigenvalue weighted by Crippen LogP contribution is 2.25. The zero-order chi connectivity index (χ0) is 5.98. The molecule has 0 amide bonds. The van der Waals surface area contributed by atoms with Crippen LogP contribution in [0.2, 0.25) is 0 Å². The van der Waals surface area contributed by atoms with Crippen molar-refractivity contribution in [2.75, 3.05) is 11.5 Å². The zero-order valence-electron chi connectivity index (χ0n) is 5.13. The Morgan fingerprint density at radius 1 is 1.62 bits per heavy atom. The quantitative estimate of drug-likeness (QED) is 0.577. The number of hydrogen-bond acceptors (Lipinski definition) is 2. The van der Waals surface area contributed by atoms with E-state index in [1.807, 2.05) is 11.8 Å². The minimum atomic E-state index is -0.00926. The van der Waals surface area contributed by atoms with Gasteiger partial charge in [-0.25, -0.2) is 0 Å². The average molecular weight is 132 g/mol. The van der Waals surface area contributed by atoms with Crippen molar-refractivity contribution in [1.82, 2.24) is 0 Å². The Balaban J connectivity index is 2.30. The zero-order valence-corrected chi connectivity index (χ0v) is 5.95. The molecule has 0 radical (unpaired) electrons. The van der Waals surface area contributed by atoms with Crippen LogP contribution in [-0.4, -0.2) is 22.7 Å². The van der Waals surface area contributed by atoms with E-state index < -0.39 is 0 Å². The van der Waals surface area contributed by atoms with Gasteiger partial charge >= 0.3 is 0 Å². The third-order valence-electron chi connectivity index (χ3n) is 1.69. The van der Waals surface area contributed by atoms with Crippen LogP contribution in [0.5, 0.6) is 0 Å². The molecule has 0 aliphatic carbocycles. The number of aliphatic hydroxyl groups excluding tert-OH is 1. The molecule has 1 heterocycles. The molecule has 1 N–H and O–H groups in total. The van der Waals surface area contributed by atoms with Gasteiger partial charge in [0.2, 0.25) is 0 Å². The van der Waals surface area contributed by atoms with Gasteiger partial charge in [-0.1, -0.05) is 13.3 Å². The van der Waals surface area contributed by atoms with Gasteiger partial charge in [0, 0.05) is 5.75 Å². The summed E-state index contributed by atoms with van der Waals surface area (Å²) >= 11 is 1.86. The maximum absolute atomic E-state index is 9.17. The molecule has 1 aliphatic rings. The van der Waals surface area contributed by atoms with Crippen molar-refractivity contribution >= 4 is 11.8 Å². The van der Waals surface area contributed by atoms with E-state index in [1.54, 1.807) is 0 Å². The fraction of sp³-hybridized carbons (Fsp3) is 1.00. The molecular weight excluding hydrogens is 120 g/mol. The largest absolute Gasteiger partial charge is 0.392 e. The minimum Gasteiger partial charge on any atom is -0.392 e. The lowest BCUT2D eigenvalue weighted by Crippen LogP contribution is -2.16. The fourth-order valence-electron chi connectivity index (χ4n) is 0.977. The van der Waals surface area contributed by atoms with Gasteiger partial charge in [0.1, 0.15) is 0 Å². The van der Waals surface area contributed by atoms with Crippen LogP contribution in [0.4, 0.5) is 0 Å². The molecule has 1 saturated heterocycles. The molecule has 0 bridgehead atoms. The van der Waals surface area contributed by atoms with Gasteiger partial charge < -0.3 is 5.11 Å². The monoisotopic (exact) mass is 132 g/mol. The topological polar surface area (TPSA) is 20.2 Å². The first kappa shape index (κ1) is 6.43. The number of thioether (sulfide) groups is 1. The Labute approximate surface area is 54.5 Å². The Morgan fingerprint density at radius 2 is 2.38 bits per heavy atom. The first-order valence-electron chi connectivity index (χ1n) is 3.10. The van der Waals surface area contributed by atoms with Crippen molar-refractivity contribution in [1.29, 1.82) is 0 Å². The summed E-state index contributed by atoms with van der Waals surface area (Å²) in [5.41, 5.74) is 0. The minimum absolute atomic E-state index is 0.00926. The number of rotatable bonds is 1. The van der Waals surface area contributed by atoms with Crippen LogP contribution in [-0.2, 0) is 0 Å². The van der Waals surface area contributed by atoms with E-state index in [-0.39, 0.29) is 6.10 Å². The van der Waals surface area contributed by atoms with E-state index in [4.69, 9.17) is 5.11 Å². The Morgan fingerprint density at radius 3 is 2.62 bits per heavy atom. The second-order valence-corrected chi connectivity index (χ2v) is 3.35. The van der Waals surface area contributed by atoms with Gasteiger partial charge in [0.15, 0.2) is 0 Å². The molecular formula is C6H12OS. The average Bonchev–Trinajstić information content (AvgIpc) is 2.14. The second-order valence-electron chi connectivity index (χ2n) is 2.27. The van der Waals surface area contributed by atoms with Crippen LogP contribution in [0.25, 0.3) is 0 Å². The van der Waals surface area contributed by atoms with Crippen molar-refractivity contribution < 1.29 is 5.11 Å². The van der Waals surface area contributed by atoms with Crippen molar-refractivity contribution in [3.8, 4) is 0 Å². The molecule has 1 fully saturated rings. The number of aliphatic hydroxyl groups is 1. The molecule has 48 valence electrons. The lowest BCUT2D eigenvalue weighted by molar-refractivity contribution is 0.148.